The van der Waals surface area contributed by atoms with E-state index in [2.05, 4.69) is 5.32 Å². The van der Waals surface area contributed by atoms with Gasteiger partial charge in [0.2, 0.25) is 11.8 Å². The van der Waals surface area contributed by atoms with Gasteiger partial charge in [-0.05, 0) is 31.9 Å². The molecule has 2 amide bonds. The normalized spacial score (nSPS) is 11.1. The highest BCUT2D eigenvalue weighted by atomic mass is 32.2. The van der Waals surface area contributed by atoms with Gasteiger partial charge >= 0.3 is 0 Å². The van der Waals surface area contributed by atoms with Crippen molar-refractivity contribution in [3.63, 3.8) is 0 Å². The zero-order valence-corrected chi connectivity index (χ0v) is 12.8. The van der Waals surface area contributed by atoms with Gasteiger partial charge in [0.1, 0.15) is 5.88 Å². The molecular formula is C14H20N2O4S. The van der Waals surface area contributed by atoms with Crippen LogP contribution in [-0.2, 0) is 19.4 Å². The molecule has 0 radical (unpaired) electrons. The van der Waals surface area contributed by atoms with Crippen LogP contribution in [0.2, 0.25) is 0 Å². The minimum absolute atomic E-state index is 0.177. The lowest BCUT2D eigenvalue weighted by Gasteiger charge is -2.07. The van der Waals surface area contributed by atoms with E-state index in [1.807, 2.05) is 6.92 Å². The molecule has 1 rings (SSSR count). The number of primary amides is 1. The quantitative estimate of drug-likeness (QED) is 0.695. The van der Waals surface area contributed by atoms with Crippen LogP contribution in [0.25, 0.3) is 0 Å². The van der Waals surface area contributed by atoms with Crippen LogP contribution in [0.4, 0.5) is 0 Å². The molecule has 0 saturated heterocycles. The Bertz CT molecular complexity index is 594. The van der Waals surface area contributed by atoms with Gasteiger partial charge in [0, 0.05) is 12.8 Å². The van der Waals surface area contributed by atoms with Crippen LogP contribution in [-0.4, -0.2) is 26.1 Å². The Labute approximate surface area is 124 Å². The maximum atomic E-state index is 12.0. The molecule has 21 heavy (non-hydrogen) atoms. The maximum Gasteiger partial charge on any atom is 0.220 e. The lowest BCUT2D eigenvalue weighted by atomic mass is 10.2. The van der Waals surface area contributed by atoms with Gasteiger partial charge in [0.15, 0.2) is 9.84 Å². The van der Waals surface area contributed by atoms with E-state index in [9.17, 15) is 18.0 Å². The van der Waals surface area contributed by atoms with Crippen molar-refractivity contribution in [3.8, 4) is 0 Å². The Hall–Kier alpha value is -1.89. The Kier molecular flexibility index (Phi) is 6.36. The van der Waals surface area contributed by atoms with E-state index in [0.29, 0.717) is 12.8 Å². The van der Waals surface area contributed by atoms with Crippen LogP contribution in [0.3, 0.4) is 0 Å². The number of carbonyl (C=O) groups excluding carboxylic acids is 2. The van der Waals surface area contributed by atoms with E-state index >= 15 is 0 Å². The van der Waals surface area contributed by atoms with Crippen molar-refractivity contribution in [2.75, 3.05) is 5.88 Å². The van der Waals surface area contributed by atoms with Gasteiger partial charge in [-0.25, -0.2) is 8.42 Å². The molecule has 0 unspecified atom stereocenters. The summed E-state index contributed by atoms with van der Waals surface area (Å²) in [5.74, 6) is -1.18. The van der Waals surface area contributed by atoms with Crippen molar-refractivity contribution < 1.29 is 18.0 Å². The number of unbranched alkanes of at least 4 members (excludes halogenated alkanes) is 1. The third-order valence-corrected chi connectivity index (χ3v) is 4.43. The van der Waals surface area contributed by atoms with Crippen molar-refractivity contribution in [2.45, 2.75) is 37.5 Å². The Morgan fingerprint density at radius 2 is 1.67 bits per heavy atom. The summed E-state index contributed by atoms with van der Waals surface area (Å²) in [6, 6.07) is 6.45. The lowest BCUT2D eigenvalue weighted by Crippen LogP contribution is -2.29. The van der Waals surface area contributed by atoms with Crippen LogP contribution in [0.5, 0.6) is 0 Å². The molecule has 116 valence electrons. The van der Waals surface area contributed by atoms with Gasteiger partial charge in [-0.3, -0.25) is 9.59 Å². The van der Waals surface area contributed by atoms with Gasteiger partial charge in [0.05, 0.1) is 4.90 Å². The first kappa shape index (κ1) is 17.2. The van der Waals surface area contributed by atoms with Crippen LogP contribution in [0.1, 0.15) is 31.2 Å². The van der Waals surface area contributed by atoms with Gasteiger partial charge in [0.25, 0.3) is 0 Å². The first-order chi connectivity index (χ1) is 9.81. The number of benzene rings is 1. The largest absolute Gasteiger partial charge is 0.370 e. The van der Waals surface area contributed by atoms with Crippen molar-refractivity contribution >= 4 is 21.7 Å². The molecule has 3 N–H and O–H groups in total. The number of hydrogen-bond acceptors (Lipinski definition) is 4. The molecule has 0 spiro atoms. The Morgan fingerprint density at radius 3 is 2.24 bits per heavy atom. The highest BCUT2D eigenvalue weighted by Gasteiger charge is 2.15. The number of carbonyl (C=O) groups is 2. The fourth-order valence-corrected chi connectivity index (χ4v) is 2.75. The molecule has 6 nitrogen and oxygen atoms in total. The first-order valence-corrected chi connectivity index (χ1v) is 8.31. The first-order valence-electron chi connectivity index (χ1n) is 6.66. The molecule has 1 aromatic carbocycles. The summed E-state index contributed by atoms with van der Waals surface area (Å²) >= 11 is 0. The van der Waals surface area contributed by atoms with E-state index in [0.717, 1.165) is 5.56 Å². The maximum absolute atomic E-state index is 12.0. The molecular weight excluding hydrogens is 292 g/mol. The zero-order valence-electron chi connectivity index (χ0n) is 12.0. The van der Waals surface area contributed by atoms with Crippen molar-refractivity contribution in [1.82, 2.24) is 5.32 Å². The van der Waals surface area contributed by atoms with Crippen LogP contribution in [0.15, 0.2) is 29.2 Å². The summed E-state index contributed by atoms with van der Waals surface area (Å²) in [5.41, 5.74) is 5.95. The summed E-state index contributed by atoms with van der Waals surface area (Å²) in [4.78, 5) is 22.2. The van der Waals surface area contributed by atoms with E-state index in [1.54, 1.807) is 12.1 Å². The molecule has 0 aliphatic heterocycles. The molecule has 0 atom stereocenters. The monoisotopic (exact) mass is 312 g/mol. The second-order valence-electron chi connectivity index (χ2n) is 4.85. The van der Waals surface area contributed by atoms with Crippen molar-refractivity contribution in [3.05, 3.63) is 29.8 Å². The molecule has 0 aliphatic rings. The van der Waals surface area contributed by atoms with Crippen LogP contribution < -0.4 is 11.1 Å². The second-order valence-corrected chi connectivity index (χ2v) is 6.84. The molecule has 0 aliphatic carbocycles. The minimum atomic E-state index is -3.52. The number of nitrogens with one attached hydrogen (secondary N) is 1. The zero-order chi connectivity index (χ0) is 15.9. The van der Waals surface area contributed by atoms with Crippen LogP contribution >= 0.6 is 0 Å². The number of aryl methyl sites for hydroxylation is 1. The average molecular weight is 312 g/mol. The number of nitrogens with two attached hydrogens (primary N) is 1. The molecule has 0 fully saturated rings. The fourth-order valence-electron chi connectivity index (χ4n) is 1.68. The summed E-state index contributed by atoms with van der Waals surface area (Å²) < 4.78 is 24.0. The highest BCUT2D eigenvalue weighted by Crippen LogP contribution is 2.11. The average Bonchev–Trinajstić information content (AvgIpc) is 2.42. The number of amides is 2. The van der Waals surface area contributed by atoms with Crippen molar-refractivity contribution in [1.29, 1.82) is 0 Å². The van der Waals surface area contributed by atoms with Gasteiger partial charge in [-0.15, -0.1) is 0 Å². The van der Waals surface area contributed by atoms with Gasteiger partial charge in [-0.1, -0.05) is 17.7 Å². The molecule has 0 aromatic heterocycles. The second kappa shape index (κ2) is 7.78. The molecule has 0 saturated carbocycles. The van der Waals surface area contributed by atoms with E-state index in [-0.39, 0.29) is 23.6 Å². The topological polar surface area (TPSA) is 106 Å². The minimum Gasteiger partial charge on any atom is -0.370 e. The number of sulfone groups is 1. The lowest BCUT2D eigenvalue weighted by molar-refractivity contribution is -0.121. The Morgan fingerprint density at radius 1 is 1.10 bits per heavy atom. The van der Waals surface area contributed by atoms with E-state index in [4.69, 9.17) is 5.73 Å². The summed E-state index contributed by atoms with van der Waals surface area (Å²) in [6.07, 6.45) is 1.43. The van der Waals surface area contributed by atoms with Crippen molar-refractivity contribution in [2.24, 2.45) is 5.73 Å². The molecule has 7 heteroatoms. The number of hydrogen-bond donors (Lipinski definition) is 2. The predicted molar refractivity (Wildman–Crippen MR) is 79.0 cm³/mol. The molecule has 1 aromatic rings. The molecule has 0 bridgehead atoms. The number of rotatable bonds is 8. The fraction of sp³-hybridized carbons (Fsp3) is 0.429. The third kappa shape index (κ3) is 6.40. The standard InChI is InChI=1S/C14H20N2O4S/c1-11-6-8-12(9-7-11)21(19,20)10-16-14(18)5-3-2-4-13(15)17/h6-9H,2-5,10H2,1H3,(H2,15,17)(H,16,18). The molecule has 0 heterocycles. The SMILES string of the molecule is Cc1ccc(S(=O)(=O)CNC(=O)CCCCC(N)=O)cc1. The Balaban J connectivity index is 2.41. The smallest absolute Gasteiger partial charge is 0.220 e. The van der Waals surface area contributed by atoms with Gasteiger partial charge < -0.3 is 11.1 Å². The van der Waals surface area contributed by atoms with Crippen LogP contribution in [0, 0.1) is 6.92 Å². The summed E-state index contributed by atoms with van der Waals surface area (Å²) in [7, 11) is -3.52. The van der Waals surface area contributed by atoms with E-state index < -0.39 is 21.6 Å². The summed E-state index contributed by atoms with van der Waals surface area (Å²) in [6.45, 7) is 1.87. The van der Waals surface area contributed by atoms with Gasteiger partial charge in [-0.2, -0.15) is 0 Å². The third-order valence-electron chi connectivity index (χ3n) is 2.92. The van der Waals surface area contributed by atoms with E-state index in [1.165, 1.54) is 12.1 Å². The highest BCUT2D eigenvalue weighted by molar-refractivity contribution is 7.91. The predicted octanol–water partition coefficient (Wildman–Crippen LogP) is 0.888. The summed E-state index contributed by atoms with van der Waals surface area (Å²) in [5, 5.41) is 2.38.